The molecule has 1 amide bonds. The molecule has 0 bridgehead atoms. The molecule has 3 aromatic carbocycles. The molecule has 1 unspecified atom stereocenters. The number of carboxylic acid groups (broad SMARTS) is 1. The predicted molar refractivity (Wildman–Crippen MR) is 151 cm³/mol. The van der Waals surface area contributed by atoms with Gasteiger partial charge in [-0.25, -0.2) is 4.39 Å². The van der Waals surface area contributed by atoms with Crippen molar-refractivity contribution in [1.29, 1.82) is 0 Å². The molecule has 1 fully saturated rings. The molecule has 1 heterocycles. The van der Waals surface area contributed by atoms with Crippen molar-refractivity contribution in [3.8, 4) is 11.5 Å². The molecule has 1 saturated heterocycles. The van der Waals surface area contributed by atoms with Crippen molar-refractivity contribution in [3.63, 3.8) is 0 Å². The van der Waals surface area contributed by atoms with E-state index in [9.17, 15) is 14.0 Å². The monoisotopic (exact) mass is 567 g/mol. The van der Waals surface area contributed by atoms with Gasteiger partial charge in [0, 0.05) is 13.5 Å². The normalized spacial score (nSPS) is 15.0. The second-order valence-electron chi connectivity index (χ2n) is 8.57. The molecule has 202 valence electrons. The number of halogens is 1. The fourth-order valence-electron chi connectivity index (χ4n) is 3.85. The minimum atomic E-state index is -1.14. The largest absolute Gasteiger partial charge is 0.489 e. The number of hydrogen-bond acceptors (Lipinski definition) is 7. The topological polar surface area (TPSA) is 85.3 Å². The Bertz CT molecular complexity index is 1360. The van der Waals surface area contributed by atoms with Crippen molar-refractivity contribution in [3.05, 3.63) is 100 Å². The van der Waals surface area contributed by atoms with Gasteiger partial charge in [0.25, 0.3) is 5.91 Å². The van der Waals surface area contributed by atoms with Crippen LogP contribution >= 0.6 is 24.0 Å². The Labute approximate surface area is 235 Å². The fourth-order valence-corrected chi connectivity index (χ4v) is 5.10. The molecular formula is C29H26FNO6S2. The summed E-state index contributed by atoms with van der Waals surface area (Å²) in [5.74, 6) is -0.970. The van der Waals surface area contributed by atoms with Crippen molar-refractivity contribution >= 4 is 46.3 Å². The van der Waals surface area contributed by atoms with E-state index in [1.807, 2.05) is 30.3 Å². The quantitative estimate of drug-likeness (QED) is 0.227. The van der Waals surface area contributed by atoms with E-state index < -0.39 is 24.5 Å². The summed E-state index contributed by atoms with van der Waals surface area (Å²) >= 11 is 6.24. The second-order valence-corrected chi connectivity index (χ2v) is 10.2. The first-order valence-electron chi connectivity index (χ1n) is 12.0. The number of nitrogens with zero attached hydrogens (tertiary/aromatic N) is 1. The summed E-state index contributed by atoms with van der Waals surface area (Å²) < 4.78 is 31.3. The number of benzene rings is 3. The summed E-state index contributed by atoms with van der Waals surface area (Å²) in [4.78, 5) is 25.2. The van der Waals surface area contributed by atoms with E-state index in [1.165, 1.54) is 12.1 Å². The molecule has 1 atom stereocenters. The van der Waals surface area contributed by atoms with Gasteiger partial charge in [-0.2, -0.15) is 0 Å². The van der Waals surface area contributed by atoms with Gasteiger partial charge in [-0.15, -0.1) is 0 Å². The lowest BCUT2D eigenvalue weighted by Crippen LogP contribution is -2.33. The van der Waals surface area contributed by atoms with Gasteiger partial charge in [0.05, 0.1) is 18.1 Å². The summed E-state index contributed by atoms with van der Waals surface area (Å²) in [5, 5.41) is 9.09. The Morgan fingerprint density at radius 1 is 1.10 bits per heavy atom. The van der Waals surface area contributed by atoms with Crippen LogP contribution in [0.15, 0.2) is 77.7 Å². The highest BCUT2D eigenvalue weighted by Gasteiger charge is 2.33. The number of carbonyl (C=O) groups excluding carboxylic acids is 1. The Balaban J connectivity index is 1.60. The number of thiocarbonyl (C=S) groups is 1. The zero-order chi connectivity index (χ0) is 27.8. The van der Waals surface area contributed by atoms with E-state index in [4.69, 9.17) is 31.5 Å². The number of thioether (sulfide) groups is 1. The SMILES string of the molecule is COCC(Oc1cc(C=C2SC(=S)N(CC(=O)O)C2=O)ccc1OCCc1ccc(F)cc1)c1ccccc1. The smallest absolute Gasteiger partial charge is 0.323 e. The van der Waals surface area contributed by atoms with Gasteiger partial charge in [-0.05, 0) is 47.0 Å². The van der Waals surface area contributed by atoms with Crippen LogP contribution in [0.3, 0.4) is 0 Å². The average Bonchev–Trinajstić information content (AvgIpc) is 3.18. The number of carboxylic acids is 1. The molecule has 0 radical (unpaired) electrons. The molecule has 3 aromatic rings. The molecular weight excluding hydrogens is 541 g/mol. The number of carbonyl (C=O) groups is 2. The van der Waals surface area contributed by atoms with Gasteiger partial charge < -0.3 is 19.3 Å². The number of methoxy groups -OCH3 is 1. The Morgan fingerprint density at radius 3 is 2.54 bits per heavy atom. The van der Waals surface area contributed by atoms with E-state index in [-0.39, 0.29) is 16.7 Å². The van der Waals surface area contributed by atoms with Crippen LogP contribution in [0.25, 0.3) is 6.08 Å². The van der Waals surface area contributed by atoms with E-state index in [0.717, 1.165) is 27.8 Å². The molecule has 10 heteroatoms. The maximum Gasteiger partial charge on any atom is 0.323 e. The van der Waals surface area contributed by atoms with Gasteiger partial charge in [-0.1, -0.05) is 72.5 Å². The molecule has 1 N–H and O–H groups in total. The maximum absolute atomic E-state index is 13.2. The lowest BCUT2D eigenvalue weighted by atomic mass is 10.1. The van der Waals surface area contributed by atoms with E-state index in [2.05, 4.69) is 0 Å². The third kappa shape index (κ3) is 7.66. The molecule has 0 aromatic heterocycles. The average molecular weight is 568 g/mol. The fraction of sp³-hybridized carbons (Fsp3) is 0.207. The molecule has 7 nitrogen and oxygen atoms in total. The first kappa shape index (κ1) is 28.3. The molecule has 1 aliphatic heterocycles. The Kier molecular flexibility index (Phi) is 9.69. The van der Waals surface area contributed by atoms with Gasteiger partial charge in [0.2, 0.25) is 0 Å². The number of rotatable bonds is 12. The van der Waals surface area contributed by atoms with E-state index in [0.29, 0.717) is 35.0 Å². The standard InChI is InChI=1S/C29H26FNO6S2/c1-35-18-25(21-5-3-2-4-6-21)37-24-15-20(16-26-28(34)31(17-27(32)33)29(38)39-26)9-12-23(24)36-14-13-19-7-10-22(30)11-8-19/h2-12,15-16,25H,13-14,17-18H2,1H3,(H,32,33). The number of ether oxygens (including phenoxy) is 3. The van der Waals surface area contributed by atoms with Gasteiger partial charge in [-0.3, -0.25) is 14.5 Å². The minimum Gasteiger partial charge on any atom is -0.489 e. The van der Waals surface area contributed by atoms with Gasteiger partial charge >= 0.3 is 5.97 Å². The molecule has 4 rings (SSSR count). The summed E-state index contributed by atoms with van der Waals surface area (Å²) in [6.07, 6.45) is 1.78. The summed E-state index contributed by atoms with van der Waals surface area (Å²) in [7, 11) is 1.59. The molecule has 0 spiro atoms. The van der Waals surface area contributed by atoms with Crippen molar-refractivity contribution < 1.29 is 33.3 Å². The predicted octanol–water partition coefficient (Wildman–Crippen LogP) is 5.50. The van der Waals surface area contributed by atoms with Crippen LogP contribution in [0, 0.1) is 5.82 Å². The van der Waals surface area contributed by atoms with Crippen molar-refractivity contribution in [1.82, 2.24) is 4.90 Å². The van der Waals surface area contributed by atoms with E-state index >= 15 is 0 Å². The van der Waals surface area contributed by atoms with Crippen molar-refractivity contribution in [2.24, 2.45) is 0 Å². The van der Waals surface area contributed by atoms with Crippen LogP contribution in [0.1, 0.15) is 22.8 Å². The Morgan fingerprint density at radius 2 is 1.85 bits per heavy atom. The number of hydrogen-bond donors (Lipinski definition) is 1. The maximum atomic E-state index is 13.2. The first-order chi connectivity index (χ1) is 18.8. The third-order valence-corrected chi connectivity index (χ3v) is 7.13. The highest BCUT2D eigenvalue weighted by molar-refractivity contribution is 8.26. The molecule has 0 saturated carbocycles. The van der Waals surface area contributed by atoms with Gasteiger partial charge in [0.15, 0.2) is 11.5 Å². The highest BCUT2D eigenvalue weighted by atomic mass is 32.2. The minimum absolute atomic E-state index is 0.190. The first-order valence-corrected chi connectivity index (χ1v) is 13.3. The number of amides is 1. The van der Waals surface area contributed by atoms with Crippen LogP contribution < -0.4 is 9.47 Å². The van der Waals surface area contributed by atoms with Gasteiger partial charge in [0.1, 0.15) is 22.8 Å². The van der Waals surface area contributed by atoms with Crippen molar-refractivity contribution in [2.75, 3.05) is 26.9 Å². The molecule has 39 heavy (non-hydrogen) atoms. The van der Waals surface area contributed by atoms with Crippen LogP contribution in [0.4, 0.5) is 4.39 Å². The zero-order valence-corrected chi connectivity index (χ0v) is 22.7. The van der Waals surface area contributed by atoms with Crippen LogP contribution in [-0.4, -0.2) is 53.1 Å². The van der Waals surface area contributed by atoms with Crippen LogP contribution in [0.5, 0.6) is 11.5 Å². The zero-order valence-electron chi connectivity index (χ0n) is 21.0. The summed E-state index contributed by atoms with van der Waals surface area (Å²) in [6.45, 7) is 0.125. The molecule has 1 aliphatic rings. The molecule has 0 aliphatic carbocycles. The van der Waals surface area contributed by atoms with E-state index in [1.54, 1.807) is 43.5 Å². The second kappa shape index (κ2) is 13.4. The lowest BCUT2D eigenvalue weighted by Gasteiger charge is -2.21. The van der Waals surface area contributed by atoms with Crippen LogP contribution in [0.2, 0.25) is 0 Å². The lowest BCUT2D eigenvalue weighted by molar-refractivity contribution is -0.140. The summed E-state index contributed by atoms with van der Waals surface area (Å²) in [5.41, 5.74) is 2.49. The number of aliphatic carboxylic acids is 1. The van der Waals surface area contributed by atoms with Crippen LogP contribution in [-0.2, 0) is 20.7 Å². The van der Waals surface area contributed by atoms with Crippen molar-refractivity contribution in [2.45, 2.75) is 12.5 Å². The highest BCUT2D eigenvalue weighted by Crippen LogP contribution is 2.36. The Hall–Kier alpha value is -3.73. The third-order valence-electron chi connectivity index (χ3n) is 5.75. The summed E-state index contributed by atoms with van der Waals surface area (Å²) in [6, 6.07) is 21.1.